The zero-order valence-electron chi connectivity index (χ0n) is 33.8. The van der Waals surface area contributed by atoms with Crippen molar-refractivity contribution in [2.45, 2.75) is 146 Å². The lowest BCUT2D eigenvalue weighted by Crippen LogP contribution is -2.38. The molecule has 0 aliphatic carbocycles. The van der Waals surface area contributed by atoms with E-state index in [4.69, 9.17) is 13.7 Å². The zero-order valence-corrected chi connectivity index (χ0v) is 34.7. The van der Waals surface area contributed by atoms with Crippen LogP contribution in [0, 0.1) is 6.92 Å². The Morgan fingerprint density at radius 1 is 0.491 bits per heavy atom. The number of benzene rings is 4. The smallest absolute Gasteiger partial charge is 0.297 e. The number of ether oxygens (including phenoxy) is 2. The maximum Gasteiger partial charge on any atom is 0.297 e. The summed E-state index contributed by atoms with van der Waals surface area (Å²) >= 11 is 0. The molecule has 0 saturated heterocycles. The first kappa shape index (κ1) is 44.4. The molecular weight excluding hydrogens is 701 g/mol. The van der Waals surface area contributed by atoms with Gasteiger partial charge in [-0.2, -0.15) is 8.42 Å². The molecule has 1 unspecified atom stereocenters. The van der Waals surface area contributed by atoms with Crippen LogP contribution in [0.4, 0.5) is 0 Å². The van der Waals surface area contributed by atoms with E-state index in [2.05, 4.69) is 43.3 Å². The van der Waals surface area contributed by atoms with E-state index in [-0.39, 0.29) is 18.1 Å². The van der Waals surface area contributed by atoms with Crippen molar-refractivity contribution in [3.8, 4) is 0 Å². The summed E-state index contributed by atoms with van der Waals surface area (Å²) in [5.41, 5.74) is 2.96. The molecule has 0 aliphatic rings. The van der Waals surface area contributed by atoms with Crippen LogP contribution in [0.5, 0.6) is 0 Å². The van der Waals surface area contributed by atoms with Gasteiger partial charge < -0.3 is 9.47 Å². The predicted molar refractivity (Wildman–Crippen MR) is 228 cm³/mol. The fourth-order valence-corrected chi connectivity index (χ4v) is 8.26. The van der Waals surface area contributed by atoms with Gasteiger partial charge in [0.05, 0.1) is 18.1 Å². The molecule has 0 bridgehead atoms. The normalized spacial score (nSPS) is 12.5. The number of hydrogen-bond acceptors (Lipinski definition) is 5. The number of hydrogen-bond donors (Lipinski definition) is 0. The average Bonchev–Trinajstić information content (AvgIpc) is 3.22. The highest BCUT2D eigenvalue weighted by Crippen LogP contribution is 2.40. The van der Waals surface area contributed by atoms with Gasteiger partial charge in [-0.05, 0) is 42.2 Å². The van der Waals surface area contributed by atoms with Crippen molar-refractivity contribution in [3.05, 3.63) is 138 Å². The molecule has 0 aromatic heterocycles. The van der Waals surface area contributed by atoms with Crippen molar-refractivity contribution in [1.29, 1.82) is 0 Å². The Kier molecular flexibility index (Phi) is 20.8. The topological polar surface area (TPSA) is 61.8 Å². The molecule has 0 N–H and O–H groups in total. The van der Waals surface area contributed by atoms with E-state index in [1.807, 2.05) is 61.5 Å². The van der Waals surface area contributed by atoms with Gasteiger partial charge in [-0.1, -0.05) is 225 Å². The molecule has 4 aromatic rings. The Morgan fingerprint density at radius 2 is 0.873 bits per heavy atom. The van der Waals surface area contributed by atoms with Gasteiger partial charge in [-0.3, -0.25) is 4.18 Å². The van der Waals surface area contributed by atoms with E-state index < -0.39 is 21.8 Å². The van der Waals surface area contributed by atoms with Gasteiger partial charge in [0.25, 0.3) is 10.1 Å². The predicted octanol–water partition coefficient (Wildman–Crippen LogP) is 13.1. The van der Waals surface area contributed by atoms with Crippen LogP contribution in [0.25, 0.3) is 0 Å². The summed E-state index contributed by atoms with van der Waals surface area (Å²) in [6, 6.07) is 37.3. The van der Waals surface area contributed by atoms with Crippen LogP contribution in [-0.2, 0) is 29.4 Å². The Labute approximate surface area is 334 Å². The highest BCUT2D eigenvalue weighted by molar-refractivity contribution is 7.86. The minimum Gasteiger partial charge on any atom is -0.373 e. The molecule has 55 heavy (non-hydrogen) atoms. The van der Waals surface area contributed by atoms with Crippen molar-refractivity contribution in [1.82, 2.24) is 0 Å². The molecule has 4 rings (SSSR count). The summed E-state index contributed by atoms with van der Waals surface area (Å²) in [6.07, 6.45) is 23.2. The van der Waals surface area contributed by atoms with Crippen molar-refractivity contribution in [2.75, 3.05) is 19.8 Å². The Balaban J connectivity index is 1.28. The Hall–Kier alpha value is -3.29. The lowest BCUT2D eigenvalue weighted by molar-refractivity contribution is -0.0774. The molecular formula is C49H68O5S. The second kappa shape index (κ2) is 25.8. The van der Waals surface area contributed by atoms with Crippen LogP contribution < -0.4 is 0 Å². The molecule has 0 amide bonds. The highest BCUT2D eigenvalue weighted by atomic mass is 32.2. The summed E-state index contributed by atoms with van der Waals surface area (Å²) in [5.74, 6) is 0. The summed E-state index contributed by atoms with van der Waals surface area (Å²) in [7, 11) is -3.98. The van der Waals surface area contributed by atoms with Gasteiger partial charge in [-0.25, -0.2) is 0 Å². The largest absolute Gasteiger partial charge is 0.373 e. The summed E-state index contributed by atoms with van der Waals surface area (Å²) in [4.78, 5) is 0.133. The summed E-state index contributed by atoms with van der Waals surface area (Å²) < 4.78 is 45.6. The van der Waals surface area contributed by atoms with E-state index in [1.165, 1.54) is 103 Å². The van der Waals surface area contributed by atoms with E-state index >= 15 is 0 Å². The van der Waals surface area contributed by atoms with Crippen LogP contribution in [0.1, 0.15) is 145 Å². The molecule has 4 aromatic carbocycles. The SMILES string of the molecule is CCCCCCCCCCCCCCCCCCCCOC(COC(c1ccccc1)(c1ccccc1)c1ccccc1)COS(=O)(=O)c1ccc(C)cc1. The first-order valence-corrected chi connectivity index (χ1v) is 22.7. The van der Waals surface area contributed by atoms with E-state index in [9.17, 15) is 8.42 Å². The second-order valence-electron chi connectivity index (χ2n) is 15.1. The first-order valence-electron chi connectivity index (χ1n) is 21.3. The summed E-state index contributed by atoms with van der Waals surface area (Å²) in [5, 5.41) is 0. The molecule has 1 atom stereocenters. The van der Waals surface area contributed by atoms with Crippen LogP contribution in [0.2, 0.25) is 0 Å². The Morgan fingerprint density at radius 3 is 1.27 bits per heavy atom. The lowest BCUT2D eigenvalue weighted by Gasteiger charge is -2.37. The van der Waals surface area contributed by atoms with Crippen molar-refractivity contribution >= 4 is 10.1 Å². The van der Waals surface area contributed by atoms with Crippen LogP contribution in [0.15, 0.2) is 120 Å². The monoisotopic (exact) mass is 768 g/mol. The van der Waals surface area contributed by atoms with Crippen LogP contribution >= 0.6 is 0 Å². The molecule has 6 heteroatoms. The van der Waals surface area contributed by atoms with E-state index in [0.717, 1.165) is 35.1 Å². The average molecular weight is 769 g/mol. The van der Waals surface area contributed by atoms with Crippen molar-refractivity contribution in [2.24, 2.45) is 0 Å². The molecule has 0 heterocycles. The molecule has 0 radical (unpaired) electrons. The van der Waals surface area contributed by atoms with Gasteiger partial charge in [0.15, 0.2) is 0 Å². The van der Waals surface area contributed by atoms with E-state index in [0.29, 0.717) is 6.61 Å². The fourth-order valence-electron chi connectivity index (χ4n) is 7.32. The minimum absolute atomic E-state index is 0.126. The molecule has 300 valence electrons. The standard InChI is InChI=1S/C49H68O5S/c1-3-4-5-6-7-8-9-10-11-12-13-14-15-16-17-18-19-29-40-52-47(42-54-55(50,51)48-38-36-43(2)37-39-48)41-53-49(44-30-23-20-24-31-44,45-32-25-21-26-33-45)46-34-27-22-28-35-46/h20-28,30-39,47H,3-19,29,40-42H2,1-2H3. The molecule has 0 aliphatic heterocycles. The van der Waals surface area contributed by atoms with Crippen LogP contribution in [-0.4, -0.2) is 34.3 Å². The molecule has 5 nitrogen and oxygen atoms in total. The van der Waals surface area contributed by atoms with Crippen LogP contribution in [0.3, 0.4) is 0 Å². The van der Waals surface area contributed by atoms with Crippen molar-refractivity contribution in [3.63, 3.8) is 0 Å². The fraction of sp³-hybridized carbons (Fsp3) is 0.510. The first-order chi connectivity index (χ1) is 27.0. The van der Waals surface area contributed by atoms with Gasteiger partial charge in [-0.15, -0.1) is 0 Å². The summed E-state index contributed by atoms with van der Waals surface area (Å²) in [6.45, 7) is 4.70. The van der Waals surface area contributed by atoms with Gasteiger partial charge in [0.1, 0.15) is 11.7 Å². The third kappa shape index (κ3) is 15.6. The van der Waals surface area contributed by atoms with Crippen molar-refractivity contribution < 1.29 is 22.1 Å². The third-order valence-electron chi connectivity index (χ3n) is 10.6. The second-order valence-corrected chi connectivity index (χ2v) is 16.8. The maximum absolute atomic E-state index is 13.2. The lowest BCUT2D eigenvalue weighted by atomic mass is 9.80. The van der Waals surface area contributed by atoms with Gasteiger partial charge in [0.2, 0.25) is 0 Å². The number of unbranched alkanes of at least 4 members (excludes halogenated alkanes) is 17. The van der Waals surface area contributed by atoms with E-state index in [1.54, 1.807) is 24.3 Å². The number of rotatable bonds is 30. The molecule has 0 spiro atoms. The van der Waals surface area contributed by atoms with Gasteiger partial charge in [0, 0.05) is 6.61 Å². The number of aryl methyl sites for hydroxylation is 1. The zero-order chi connectivity index (χ0) is 38.9. The molecule has 0 fully saturated rings. The minimum atomic E-state index is -3.98. The quantitative estimate of drug-likeness (QED) is 0.0300. The third-order valence-corrected chi connectivity index (χ3v) is 11.9. The van der Waals surface area contributed by atoms with Gasteiger partial charge >= 0.3 is 0 Å². The highest BCUT2D eigenvalue weighted by Gasteiger charge is 2.38. The Bertz CT molecular complexity index is 1550. The maximum atomic E-state index is 13.2. The molecule has 0 saturated carbocycles.